The van der Waals surface area contributed by atoms with Crippen molar-refractivity contribution >= 4 is 40.6 Å². The number of carbonyl (C=O) groups is 2. The maximum absolute atomic E-state index is 12.9. The standard InChI is InChI=1S/C26H22ClNO4S/c1-18-10-12-21(13-11-18)31-14-15-32-23-9-5-3-6-19(23)16-24-25(29)28(26(30)33-24)17-20-7-2-4-8-22(20)27/h2-13,16H,14-15,17H2,1H3/b24-16-. The van der Waals surface area contributed by atoms with Gasteiger partial charge in [0.2, 0.25) is 0 Å². The number of para-hydroxylation sites is 1. The molecule has 3 aromatic rings. The Morgan fingerprint density at radius 3 is 2.39 bits per heavy atom. The van der Waals surface area contributed by atoms with Crippen LogP contribution in [-0.4, -0.2) is 29.3 Å². The summed E-state index contributed by atoms with van der Waals surface area (Å²) < 4.78 is 11.6. The number of thioether (sulfide) groups is 1. The van der Waals surface area contributed by atoms with Crippen LogP contribution < -0.4 is 9.47 Å². The number of carbonyl (C=O) groups excluding carboxylic acids is 2. The molecular formula is C26H22ClNO4S. The van der Waals surface area contributed by atoms with Gasteiger partial charge in [0.05, 0.1) is 11.4 Å². The summed E-state index contributed by atoms with van der Waals surface area (Å²) in [7, 11) is 0. The van der Waals surface area contributed by atoms with E-state index in [-0.39, 0.29) is 17.7 Å². The van der Waals surface area contributed by atoms with Gasteiger partial charge in [0.25, 0.3) is 11.1 Å². The summed E-state index contributed by atoms with van der Waals surface area (Å²) in [6.07, 6.45) is 1.69. The minimum atomic E-state index is -0.345. The zero-order chi connectivity index (χ0) is 23.2. The summed E-state index contributed by atoms with van der Waals surface area (Å²) in [6, 6.07) is 22.4. The van der Waals surface area contributed by atoms with Crippen LogP contribution in [0, 0.1) is 6.92 Å². The first-order valence-corrected chi connectivity index (χ1v) is 11.6. The highest BCUT2D eigenvalue weighted by molar-refractivity contribution is 8.18. The lowest BCUT2D eigenvalue weighted by Gasteiger charge is -2.13. The molecule has 0 aliphatic carbocycles. The number of ether oxygens (including phenoxy) is 2. The number of halogens is 1. The molecule has 1 aliphatic heterocycles. The molecule has 0 aromatic heterocycles. The number of benzene rings is 3. The molecule has 168 valence electrons. The molecule has 1 saturated heterocycles. The van der Waals surface area contributed by atoms with Crippen molar-refractivity contribution in [1.29, 1.82) is 0 Å². The van der Waals surface area contributed by atoms with Crippen molar-refractivity contribution in [2.75, 3.05) is 13.2 Å². The normalized spacial score (nSPS) is 14.7. The fourth-order valence-corrected chi connectivity index (χ4v) is 4.28. The van der Waals surface area contributed by atoms with Gasteiger partial charge in [0, 0.05) is 10.6 Å². The lowest BCUT2D eigenvalue weighted by atomic mass is 10.1. The van der Waals surface area contributed by atoms with E-state index in [0.717, 1.165) is 28.6 Å². The Morgan fingerprint density at radius 2 is 1.61 bits per heavy atom. The second-order valence-corrected chi connectivity index (χ2v) is 8.81. The smallest absolute Gasteiger partial charge is 0.293 e. The summed E-state index contributed by atoms with van der Waals surface area (Å²) >= 11 is 7.11. The van der Waals surface area contributed by atoms with E-state index >= 15 is 0 Å². The molecule has 1 aliphatic rings. The molecule has 3 aromatic carbocycles. The predicted molar refractivity (Wildman–Crippen MR) is 132 cm³/mol. The lowest BCUT2D eigenvalue weighted by molar-refractivity contribution is -0.123. The summed E-state index contributed by atoms with van der Waals surface area (Å²) in [6.45, 7) is 2.88. The van der Waals surface area contributed by atoms with E-state index in [1.807, 2.05) is 67.6 Å². The molecule has 5 nitrogen and oxygen atoms in total. The minimum Gasteiger partial charge on any atom is -0.490 e. The summed E-state index contributed by atoms with van der Waals surface area (Å²) in [5.74, 6) is 1.05. The first-order chi connectivity index (χ1) is 16.0. The highest BCUT2D eigenvalue weighted by atomic mass is 35.5. The molecule has 4 rings (SSSR count). The number of hydrogen-bond donors (Lipinski definition) is 0. The van der Waals surface area contributed by atoms with Gasteiger partial charge in [-0.25, -0.2) is 0 Å². The first-order valence-electron chi connectivity index (χ1n) is 10.4. The Kier molecular flexibility index (Phi) is 7.37. The second-order valence-electron chi connectivity index (χ2n) is 7.41. The predicted octanol–water partition coefficient (Wildman–Crippen LogP) is 6.34. The van der Waals surface area contributed by atoms with E-state index in [9.17, 15) is 9.59 Å². The van der Waals surface area contributed by atoms with Gasteiger partial charge in [-0.15, -0.1) is 0 Å². The monoisotopic (exact) mass is 479 g/mol. The second kappa shape index (κ2) is 10.6. The van der Waals surface area contributed by atoms with E-state index in [2.05, 4.69) is 0 Å². The minimum absolute atomic E-state index is 0.135. The van der Waals surface area contributed by atoms with Crippen molar-refractivity contribution in [3.8, 4) is 11.5 Å². The third kappa shape index (κ3) is 5.78. The van der Waals surface area contributed by atoms with Crippen LogP contribution in [0.2, 0.25) is 5.02 Å². The summed E-state index contributed by atoms with van der Waals surface area (Å²) in [5.41, 5.74) is 2.61. The van der Waals surface area contributed by atoms with E-state index < -0.39 is 0 Å². The summed E-state index contributed by atoms with van der Waals surface area (Å²) in [4.78, 5) is 26.9. The third-order valence-corrected chi connectivity index (χ3v) is 6.27. The molecule has 0 saturated carbocycles. The molecule has 1 fully saturated rings. The number of nitrogens with zero attached hydrogens (tertiary/aromatic N) is 1. The summed E-state index contributed by atoms with van der Waals surface area (Å²) in [5, 5.41) is 0.197. The SMILES string of the molecule is Cc1ccc(OCCOc2ccccc2/C=C2\SC(=O)N(Cc3ccccc3Cl)C2=O)cc1. The topological polar surface area (TPSA) is 55.8 Å². The molecule has 2 amide bonds. The van der Waals surface area contributed by atoms with Crippen molar-refractivity contribution in [2.24, 2.45) is 0 Å². The van der Waals surface area contributed by atoms with Gasteiger partial charge in [-0.1, -0.05) is 65.7 Å². The fourth-order valence-electron chi connectivity index (χ4n) is 3.25. The average Bonchev–Trinajstić information content (AvgIpc) is 3.07. The maximum Gasteiger partial charge on any atom is 0.293 e. The quantitative estimate of drug-likeness (QED) is 0.278. The maximum atomic E-state index is 12.9. The van der Waals surface area contributed by atoms with Gasteiger partial charge >= 0.3 is 0 Å². The van der Waals surface area contributed by atoms with Crippen LogP contribution in [0.5, 0.6) is 11.5 Å². The van der Waals surface area contributed by atoms with Crippen LogP contribution in [0.4, 0.5) is 4.79 Å². The van der Waals surface area contributed by atoms with Gasteiger partial charge in [0.1, 0.15) is 24.7 Å². The van der Waals surface area contributed by atoms with Gasteiger partial charge in [0.15, 0.2) is 0 Å². The first kappa shape index (κ1) is 23.0. The zero-order valence-electron chi connectivity index (χ0n) is 18.0. The van der Waals surface area contributed by atoms with E-state index in [1.165, 1.54) is 10.5 Å². The van der Waals surface area contributed by atoms with E-state index in [0.29, 0.717) is 28.9 Å². The molecule has 0 radical (unpaired) electrons. The fraction of sp³-hybridized carbons (Fsp3) is 0.154. The molecule has 7 heteroatoms. The van der Waals surface area contributed by atoms with Gasteiger partial charge in [-0.3, -0.25) is 14.5 Å². The van der Waals surface area contributed by atoms with Crippen LogP contribution >= 0.6 is 23.4 Å². The van der Waals surface area contributed by atoms with Gasteiger partial charge in [-0.05, 0) is 54.6 Å². The lowest BCUT2D eigenvalue weighted by Crippen LogP contribution is -2.27. The molecule has 1 heterocycles. The van der Waals surface area contributed by atoms with Crippen molar-refractivity contribution in [3.63, 3.8) is 0 Å². The van der Waals surface area contributed by atoms with Crippen molar-refractivity contribution in [2.45, 2.75) is 13.5 Å². The highest BCUT2D eigenvalue weighted by Crippen LogP contribution is 2.35. The highest BCUT2D eigenvalue weighted by Gasteiger charge is 2.35. The van der Waals surface area contributed by atoms with Gasteiger partial charge < -0.3 is 9.47 Å². The van der Waals surface area contributed by atoms with Crippen LogP contribution in [-0.2, 0) is 11.3 Å². The Balaban J connectivity index is 1.41. The van der Waals surface area contributed by atoms with Crippen molar-refractivity contribution in [3.05, 3.63) is 99.4 Å². The van der Waals surface area contributed by atoms with Crippen LogP contribution in [0.1, 0.15) is 16.7 Å². The van der Waals surface area contributed by atoms with E-state index in [4.69, 9.17) is 21.1 Å². The Hall–Kier alpha value is -3.22. The van der Waals surface area contributed by atoms with Crippen molar-refractivity contribution < 1.29 is 19.1 Å². The Labute approximate surface area is 202 Å². The van der Waals surface area contributed by atoms with Crippen LogP contribution in [0.15, 0.2) is 77.7 Å². The number of amides is 2. The zero-order valence-corrected chi connectivity index (χ0v) is 19.6. The van der Waals surface area contributed by atoms with E-state index in [1.54, 1.807) is 18.2 Å². The number of aryl methyl sites for hydroxylation is 1. The molecule has 0 bridgehead atoms. The largest absolute Gasteiger partial charge is 0.490 e. The van der Waals surface area contributed by atoms with Gasteiger partial charge in [-0.2, -0.15) is 0 Å². The Bertz CT molecular complexity index is 1190. The third-order valence-electron chi connectivity index (χ3n) is 5.00. The van der Waals surface area contributed by atoms with Crippen molar-refractivity contribution in [1.82, 2.24) is 4.90 Å². The molecule has 0 atom stereocenters. The average molecular weight is 480 g/mol. The molecular weight excluding hydrogens is 458 g/mol. The number of rotatable bonds is 8. The van der Waals surface area contributed by atoms with Crippen LogP contribution in [0.25, 0.3) is 6.08 Å². The van der Waals surface area contributed by atoms with Crippen LogP contribution in [0.3, 0.4) is 0 Å². The molecule has 0 unspecified atom stereocenters. The molecule has 33 heavy (non-hydrogen) atoms. The Morgan fingerprint density at radius 1 is 0.909 bits per heavy atom. The number of hydrogen-bond acceptors (Lipinski definition) is 5. The number of imide groups is 1. The molecule has 0 spiro atoms. The molecule has 0 N–H and O–H groups in total.